The van der Waals surface area contributed by atoms with Gasteiger partial charge >= 0.3 is 0 Å². The molecule has 4 fully saturated rings. The van der Waals surface area contributed by atoms with Crippen molar-refractivity contribution in [1.29, 1.82) is 0 Å². The molecule has 0 bridgehead atoms. The van der Waals surface area contributed by atoms with Crippen LogP contribution in [0, 0.1) is 11.1 Å². The smallest absolute Gasteiger partial charge is 0.297 e. The highest BCUT2D eigenvalue weighted by molar-refractivity contribution is 5.55. The number of ether oxygens (including phenoxy) is 5. The van der Waals surface area contributed by atoms with E-state index in [0.717, 1.165) is 17.6 Å². The molecule has 148 valence electrons. The van der Waals surface area contributed by atoms with Crippen LogP contribution in [0.2, 0.25) is 0 Å². The normalized spacial score (nSPS) is 42.9. The van der Waals surface area contributed by atoms with Crippen LogP contribution in [0.1, 0.15) is 59.8 Å². The fourth-order valence-corrected chi connectivity index (χ4v) is 4.56. The van der Waals surface area contributed by atoms with Gasteiger partial charge in [0.25, 0.3) is 6.23 Å². The highest BCUT2D eigenvalue weighted by Crippen LogP contribution is 2.42. The molecule has 26 heavy (non-hydrogen) atoms. The van der Waals surface area contributed by atoms with E-state index < -0.39 is 23.9 Å². The van der Waals surface area contributed by atoms with Crippen molar-refractivity contribution in [1.82, 2.24) is 0 Å². The third kappa shape index (κ3) is 3.64. The van der Waals surface area contributed by atoms with Gasteiger partial charge in [-0.1, -0.05) is 19.3 Å². The van der Waals surface area contributed by atoms with Crippen molar-refractivity contribution in [2.24, 2.45) is 5.92 Å². The Balaban J connectivity index is 1.53. The summed E-state index contributed by atoms with van der Waals surface area (Å²) in [4.78, 5) is 0. The van der Waals surface area contributed by atoms with Gasteiger partial charge in [0.1, 0.15) is 18.3 Å². The van der Waals surface area contributed by atoms with E-state index in [4.69, 9.17) is 23.7 Å². The first-order valence-electron chi connectivity index (χ1n) is 9.87. The van der Waals surface area contributed by atoms with E-state index in [0.29, 0.717) is 12.5 Å². The maximum absolute atomic E-state index is 12.9. The lowest BCUT2D eigenvalue weighted by atomic mass is 9.90. The van der Waals surface area contributed by atoms with E-state index >= 15 is 0 Å². The summed E-state index contributed by atoms with van der Waals surface area (Å²) in [6.07, 6.45) is 5.42. The minimum Gasteiger partial charge on any atom is -0.622 e. The standard InChI is InChI=1S/C19H31NO6/c1-18(2)22-11-13(24-18)14-15-16(26-19(3,4)25-15)17(23-14)20(21)10-12-8-6-5-7-9-12/h10,12-17H,5-9,11H2,1-4H3/b20-10-/t13-,14-,15+,16+,17+/m1/s1. The van der Waals surface area contributed by atoms with Crippen LogP contribution < -0.4 is 0 Å². The van der Waals surface area contributed by atoms with Gasteiger partial charge in [0, 0.05) is 5.92 Å². The molecule has 3 aliphatic heterocycles. The van der Waals surface area contributed by atoms with Crippen molar-refractivity contribution in [3.8, 4) is 0 Å². The van der Waals surface area contributed by atoms with Gasteiger partial charge in [-0.3, -0.25) is 0 Å². The zero-order chi connectivity index (χ0) is 18.5. The Morgan fingerprint density at radius 2 is 1.58 bits per heavy atom. The number of hydrogen-bond donors (Lipinski definition) is 0. The molecular formula is C19H31NO6. The molecule has 0 spiro atoms. The summed E-state index contributed by atoms with van der Waals surface area (Å²) in [6.45, 7) is 7.92. The van der Waals surface area contributed by atoms with Crippen LogP contribution in [0.3, 0.4) is 0 Å². The van der Waals surface area contributed by atoms with Crippen LogP contribution in [0.25, 0.3) is 0 Å². The Bertz CT molecular complexity index is 556. The molecule has 5 atom stereocenters. The third-order valence-corrected chi connectivity index (χ3v) is 5.72. The van der Waals surface area contributed by atoms with Crippen LogP contribution in [-0.4, -0.2) is 59.8 Å². The monoisotopic (exact) mass is 369 g/mol. The van der Waals surface area contributed by atoms with Gasteiger partial charge in [0.15, 0.2) is 23.9 Å². The summed E-state index contributed by atoms with van der Waals surface area (Å²) in [7, 11) is 0. The number of nitrogens with zero attached hydrogens (tertiary/aromatic N) is 1. The molecule has 0 unspecified atom stereocenters. The molecule has 0 amide bonds. The van der Waals surface area contributed by atoms with E-state index in [1.165, 1.54) is 19.3 Å². The zero-order valence-electron chi connectivity index (χ0n) is 16.2. The van der Waals surface area contributed by atoms with E-state index in [2.05, 4.69) is 0 Å². The molecule has 0 aromatic rings. The van der Waals surface area contributed by atoms with Crippen LogP contribution in [-0.2, 0) is 23.7 Å². The highest BCUT2D eigenvalue weighted by Gasteiger charge is 2.62. The van der Waals surface area contributed by atoms with E-state index in [1.807, 2.05) is 27.7 Å². The van der Waals surface area contributed by atoms with Gasteiger partial charge in [-0.15, -0.1) is 0 Å². The maximum Gasteiger partial charge on any atom is 0.297 e. The molecule has 4 aliphatic rings. The molecule has 0 N–H and O–H groups in total. The topological polar surface area (TPSA) is 72.2 Å². The third-order valence-electron chi connectivity index (χ3n) is 5.72. The summed E-state index contributed by atoms with van der Waals surface area (Å²) < 4.78 is 30.9. The molecule has 4 rings (SSSR count). The molecule has 1 aliphatic carbocycles. The number of hydrogen-bond acceptors (Lipinski definition) is 6. The van der Waals surface area contributed by atoms with Crippen LogP contribution in [0.5, 0.6) is 0 Å². The van der Waals surface area contributed by atoms with Gasteiger partial charge in [-0.05, 0) is 40.5 Å². The van der Waals surface area contributed by atoms with Crippen LogP contribution in [0.4, 0.5) is 0 Å². The van der Waals surface area contributed by atoms with Crippen molar-refractivity contribution in [3.05, 3.63) is 5.21 Å². The van der Waals surface area contributed by atoms with Crippen LogP contribution >= 0.6 is 0 Å². The highest BCUT2D eigenvalue weighted by atomic mass is 16.8. The second kappa shape index (κ2) is 6.71. The lowest BCUT2D eigenvalue weighted by molar-refractivity contribution is -0.564. The predicted octanol–water partition coefficient (Wildman–Crippen LogP) is 2.54. The molecule has 0 aromatic heterocycles. The van der Waals surface area contributed by atoms with Gasteiger partial charge in [-0.2, -0.15) is 4.74 Å². The molecule has 7 heteroatoms. The fraction of sp³-hybridized carbons (Fsp3) is 0.947. The first-order valence-corrected chi connectivity index (χ1v) is 9.87. The molecule has 7 nitrogen and oxygen atoms in total. The first kappa shape index (κ1) is 18.6. The minimum atomic E-state index is -0.740. The van der Waals surface area contributed by atoms with Crippen molar-refractivity contribution in [2.45, 2.75) is 102 Å². The van der Waals surface area contributed by atoms with Crippen molar-refractivity contribution in [3.63, 3.8) is 0 Å². The van der Waals surface area contributed by atoms with Gasteiger partial charge in [0.2, 0.25) is 0 Å². The van der Waals surface area contributed by atoms with Crippen LogP contribution in [0.15, 0.2) is 0 Å². The van der Waals surface area contributed by atoms with Gasteiger partial charge in [0.05, 0.1) is 6.61 Å². The largest absolute Gasteiger partial charge is 0.622 e. The zero-order valence-corrected chi connectivity index (χ0v) is 16.2. The molecule has 0 aromatic carbocycles. The Labute approximate surface area is 155 Å². The second-order valence-electron chi connectivity index (χ2n) is 8.83. The van der Waals surface area contributed by atoms with Gasteiger partial charge < -0.3 is 28.9 Å². The van der Waals surface area contributed by atoms with Crippen molar-refractivity contribution >= 4 is 6.21 Å². The average molecular weight is 369 g/mol. The Hall–Kier alpha value is -0.730. The van der Waals surface area contributed by atoms with E-state index in [1.54, 1.807) is 6.21 Å². The quantitative estimate of drug-likeness (QED) is 0.329. The molecule has 3 saturated heterocycles. The number of fused-ring (bicyclic) bond motifs is 1. The van der Waals surface area contributed by atoms with Crippen molar-refractivity contribution in [2.75, 3.05) is 6.61 Å². The Morgan fingerprint density at radius 3 is 2.23 bits per heavy atom. The summed E-state index contributed by atoms with van der Waals surface area (Å²) in [5.74, 6) is -1.07. The van der Waals surface area contributed by atoms with Gasteiger partial charge in [-0.25, -0.2) is 0 Å². The number of rotatable bonds is 3. The summed E-state index contributed by atoms with van der Waals surface area (Å²) in [6, 6.07) is 0. The van der Waals surface area contributed by atoms with E-state index in [-0.39, 0.29) is 18.3 Å². The summed E-state index contributed by atoms with van der Waals surface area (Å²) >= 11 is 0. The fourth-order valence-electron chi connectivity index (χ4n) is 4.56. The Morgan fingerprint density at radius 1 is 0.885 bits per heavy atom. The van der Waals surface area contributed by atoms with E-state index in [9.17, 15) is 5.21 Å². The molecule has 0 radical (unpaired) electrons. The lowest BCUT2D eigenvalue weighted by Crippen LogP contribution is -2.40. The predicted molar refractivity (Wildman–Crippen MR) is 93.7 cm³/mol. The van der Waals surface area contributed by atoms with Crippen molar-refractivity contribution < 1.29 is 28.4 Å². The summed E-state index contributed by atoms with van der Waals surface area (Å²) in [5, 5.41) is 12.9. The maximum atomic E-state index is 12.9. The lowest BCUT2D eigenvalue weighted by Gasteiger charge is -2.26. The molecule has 1 saturated carbocycles. The summed E-state index contributed by atoms with van der Waals surface area (Å²) in [5.41, 5.74) is 0. The average Bonchev–Trinajstić information content (AvgIpc) is 3.18. The molecular weight excluding hydrogens is 338 g/mol. The SMILES string of the molecule is CC1(C)O[C@H]2[C@@H]([C@H]3COC(C)(C)O3)O[C@H](/[N+]([O-])=C/C3CCCCC3)[C@H]2O1. The Kier molecular flexibility index (Phi) is 4.80. The number of hydroxylamine groups is 1. The minimum absolute atomic E-state index is 0.275. The second-order valence-corrected chi connectivity index (χ2v) is 8.83. The first-order chi connectivity index (χ1) is 12.2. The molecule has 3 heterocycles.